The van der Waals surface area contributed by atoms with E-state index >= 15 is 0 Å². The van der Waals surface area contributed by atoms with Gasteiger partial charge in [0.1, 0.15) is 5.82 Å². The number of hydrogen-bond acceptors (Lipinski definition) is 5. The quantitative estimate of drug-likeness (QED) is 0.850. The van der Waals surface area contributed by atoms with Crippen molar-refractivity contribution in [2.24, 2.45) is 0 Å². The van der Waals surface area contributed by atoms with Crippen molar-refractivity contribution in [2.75, 3.05) is 17.6 Å². The van der Waals surface area contributed by atoms with Crippen LogP contribution in [0.4, 0.5) is 11.8 Å². The number of nitrogens with one attached hydrogen (secondary N) is 1. The second-order valence-electron chi connectivity index (χ2n) is 3.57. The van der Waals surface area contributed by atoms with Crippen molar-refractivity contribution in [1.82, 2.24) is 9.97 Å². The van der Waals surface area contributed by atoms with Gasteiger partial charge < -0.3 is 11.1 Å². The first-order valence-corrected chi connectivity index (χ1v) is 6.04. The van der Waals surface area contributed by atoms with Crippen molar-refractivity contribution in [2.45, 2.75) is 13.3 Å². The lowest BCUT2D eigenvalue weighted by Gasteiger charge is -2.07. The van der Waals surface area contributed by atoms with Crippen LogP contribution in [0, 0.1) is 6.92 Å². The van der Waals surface area contributed by atoms with Crippen LogP contribution in [0.5, 0.6) is 0 Å². The number of nitrogen functional groups attached to an aromatic ring is 1. The van der Waals surface area contributed by atoms with Crippen LogP contribution in [0.3, 0.4) is 0 Å². The van der Waals surface area contributed by atoms with Gasteiger partial charge in [-0.25, -0.2) is 4.98 Å². The first-order valence-electron chi connectivity index (χ1n) is 5.10. The van der Waals surface area contributed by atoms with Crippen molar-refractivity contribution in [3.8, 4) is 0 Å². The van der Waals surface area contributed by atoms with Gasteiger partial charge >= 0.3 is 0 Å². The molecule has 0 aliphatic heterocycles. The SMILES string of the molecule is Cc1cnc(N)nc1NCCc1ccsc1. The molecule has 2 rings (SSSR count). The molecule has 0 amide bonds. The Morgan fingerprint density at radius 2 is 2.38 bits per heavy atom. The molecule has 0 radical (unpaired) electrons. The molecular formula is C11H14N4S. The van der Waals surface area contributed by atoms with E-state index in [1.807, 2.05) is 6.92 Å². The molecule has 2 aromatic rings. The molecule has 0 unspecified atom stereocenters. The molecule has 0 saturated carbocycles. The molecular weight excluding hydrogens is 220 g/mol. The summed E-state index contributed by atoms with van der Waals surface area (Å²) in [6.07, 6.45) is 2.72. The van der Waals surface area contributed by atoms with Gasteiger partial charge in [0.2, 0.25) is 5.95 Å². The highest BCUT2D eigenvalue weighted by molar-refractivity contribution is 7.07. The number of aryl methyl sites for hydroxylation is 1. The van der Waals surface area contributed by atoms with Gasteiger partial charge in [-0.1, -0.05) is 0 Å². The van der Waals surface area contributed by atoms with Gasteiger partial charge in [0.25, 0.3) is 0 Å². The van der Waals surface area contributed by atoms with Crippen LogP contribution in [0.15, 0.2) is 23.0 Å². The lowest BCUT2D eigenvalue weighted by molar-refractivity contribution is 1.000. The number of aromatic nitrogens is 2. The summed E-state index contributed by atoms with van der Waals surface area (Å²) in [6.45, 7) is 2.82. The summed E-state index contributed by atoms with van der Waals surface area (Å²) in [5.41, 5.74) is 7.89. The van der Waals surface area contributed by atoms with Crippen LogP contribution < -0.4 is 11.1 Å². The minimum atomic E-state index is 0.309. The summed E-state index contributed by atoms with van der Waals surface area (Å²) >= 11 is 1.72. The predicted molar refractivity (Wildman–Crippen MR) is 67.7 cm³/mol. The van der Waals surface area contributed by atoms with Gasteiger partial charge in [0.15, 0.2) is 0 Å². The van der Waals surface area contributed by atoms with Gasteiger partial charge in [-0.3, -0.25) is 0 Å². The van der Waals surface area contributed by atoms with Gasteiger partial charge in [0.05, 0.1) is 0 Å². The molecule has 0 aliphatic rings. The Kier molecular flexibility index (Phi) is 3.36. The van der Waals surface area contributed by atoms with E-state index in [4.69, 9.17) is 5.73 Å². The number of thiophene rings is 1. The number of nitrogens with zero attached hydrogens (tertiary/aromatic N) is 2. The third kappa shape index (κ3) is 2.70. The minimum Gasteiger partial charge on any atom is -0.369 e. The van der Waals surface area contributed by atoms with Crippen LogP contribution in [0.2, 0.25) is 0 Å². The van der Waals surface area contributed by atoms with Crippen molar-refractivity contribution >= 4 is 23.1 Å². The molecule has 16 heavy (non-hydrogen) atoms. The molecule has 0 bridgehead atoms. The summed E-state index contributed by atoms with van der Waals surface area (Å²) in [6, 6.07) is 2.13. The number of nitrogens with two attached hydrogens (primary N) is 1. The summed E-state index contributed by atoms with van der Waals surface area (Å²) in [5, 5.41) is 7.51. The van der Waals surface area contributed by atoms with Crippen molar-refractivity contribution in [1.29, 1.82) is 0 Å². The van der Waals surface area contributed by atoms with E-state index in [-0.39, 0.29) is 0 Å². The number of anilines is 2. The zero-order valence-corrected chi connectivity index (χ0v) is 9.92. The maximum atomic E-state index is 5.53. The van der Waals surface area contributed by atoms with E-state index in [9.17, 15) is 0 Å². The molecule has 0 spiro atoms. The molecule has 4 nitrogen and oxygen atoms in total. The van der Waals surface area contributed by atoms with Crippen molar-refractivity contribution < 1.29 is 0 Å². The average Bonchev–Trinajstić information content (AvgIpc) is 2.76. The minimum absolute atomic E-state index is 0.309. The number of rotatable bonds is 4. The van der Waals surface area contributed by atoms with Crippen molar-refractivity contribution in [3.63, 3.8) is 0 Å². The van der Waals surface area contributed by atoms with Gasteiger partial charge in [0, 0.05) is 18.3 Å². The Bertz CT molecular complexity index is 453. The smallest absolute Gasteiger partial charge is 0.221 e. The molecule has 2 aromatic heterocycles. The van der Waals surface area contributed by atoms with Gasteiger partial charge in [-0.15, -0.1) is 0 Å². The standard InChI is InChI=1S/C11H14N4S/c1-8-6-14-11(12)15-10(8)13-4-2-9-3-5-16-7-9/h3,5-7H,2,4H2,1H3,(H3,12,13,14,15). The lowest BCUT2D eigenvalue weighted by Crippen LogP contribution is -2.09. The Labute approximate surface area is 98.6 Å². The fraction of sp³-hybridized carbons (Fsp3) is 0.273. The molecule has 0 atom stereocenters. The summed E-state index contributed by atoms with van der Waals surface area (Å²) < 4.78 is 0. The predicted octanol–water partition coefficient (Wildman–Crippen LogP) is 2.08. The summed E-state index contributed by atoms with van der Waals surface area (Å²) in [5.74, 6) is 1.13. The van der Waals surface area contributed by atoms with E-state index in [1.54, 1.807) is 17.5 Å². The first-order chi connectivity index (χ1) is 7.75. The fourth-order valence-electron chi connectivity index (χ4n) is 1.39. The molecule has 5 heteroatoms. The van der Waals surface area contributed by atoms with E-state index in [0.717, 1.165) is 24.3 Å². The molecule has 0 aromatic carbocycles. The second-order valence-corrected chi connectivity index (χ2v) is 4.35. The average molecular weight is 234 g/mol. The van der Waals surface area contributed by atoms with E-state index < -0.39 is 0 Å². The molecule has 0 fully saturated rings. The lowest BCUT2D eigenvalue weighted by atomic mass is 10.2. The van der Waals surface area contributed by atoms with Crippen molar-refractivity contribution in [3.05, 3.63) is 34.2 Å². The van der Waals surface area contributed by atoms with Crippen LogP contribution in [0.1, 0.15) is 11.1 Å². The molecule has 2 heterocycles. The normalized spacial score (nSPS) is 10.3. The summed E-state index contributed by atoms with van der Waals surface area (Å²) in [7, 11) is 0. The van der Waals surface area contributed by atoms with Gasteiger partial charge in [-0.05, 0) is 35.7 Å². The molecule has 0 aliphatic carbocycles. The Morgan fingerprint density at radius 1 is 1.50 bits per heavy atom. The summed E-state index contributed by atoms with van der Waals surface area (Å²) in [4.78, 5) is 8.08. The third-order valence-electron chi connectivity index (χ3n) is 2.28. The maximum absolute atomic E-state index is 5.53. The largest absolute Gasteiger partial charge is 0.369 e. The molecule has 3 N–H and O–H groups in total. The Balaban J connectivity index is 1.92. The highest BCUT2D eigenvalue weighted by Gasteiger charge is 2.01. The molecule has 84 valence electrons. The van der Waals surface area contributed by atoms with Crippen LogP contribution in [0.25, 0.3) is 0 Å². The fourth-order valence-corrected chi connectivity index (χ4v) is 2.10. The number of hydrogen-bond donors (Lipinski definition) is 2. The zero-order valence-electron chi connectivity index (χ0n) is 9.10. The van der Waals surface area contributed by atoms with Crippen LogP contribution in [-0.4, -0.2) is 16.5 Å². The Morgan fingerprint density at radius 3 is 3.12 bits per heavy atom. The highest BCUT2D eigenvalue weighted by Crippen LogP contribution is 2.11. The Hall–Kier alpha value is -1.62. The second kappa shape index (κ2) is 4.94. The van der Waals surface area contributed by atoms with Crippen LogP contribution in [-0.2, 0) is 6.42 Å². The molecule has 0 saturated heterocycles. The third-order valence-corrected chi connectivity index (χ3v) is 3.01. The highest BCUT2D eigenvalue weighted by atomic mass is 32.1. The first kappa shape index (κ1) is 10.9. The van der Waals surface area contributed by atoms with E-state index in [0.29, 0.717) is 5.95 Å². The van der Waals surface area contributed by atoms with E-state index in [1.165, 1.54) is 5.56 Å². The monoisotopic (exact) mass is 234 g/mol. The topological polar surface area (TPSA) is 63.8 Å². The van der Waals surface area contributed by atoms with Crippen LogP contribution >= 0.6 is 11.3 Å². The zero-order chi connectivity index (χ0) is 11.4. The maximum Gasteiger partial charge on any atom is 0.221 e. The van der Waals surface area contributed by atoms with Gasteiger partial charge in [-0.2, -0.15) is 16.3 Å². The van der Waals surface area contributed by atoms with E-state index in [2.05, 4.69) is 32.1 Å².